The number of carbonyl (C=O) groups excluding carboxylic acids is 1. The third kappa shape index (κ3) is 4.74. The lowest BCUT2D eigenvalue weighted by Crippen LogP contribution is -2.48. The number of ether oxygens (including phenoxy) is 1. The number of nitrogens with one attached hydrogen (secondary N) is 1. The van der Waals surface area contributed by atoms with E-state index in [9.17, 15) is 19.3 Å². The highest BCUT2D eigenvalue weighted by molar-refractivity contribution is 5.94. The lowest BCUT2D eigenvalue weighted by Gasteiger charge is -2.35. The zero-order chi connectivity index (χ0) is 20.1. The Bertz CT molecular complexity index is 852. The molecule has 1 fully saturated rings. The van der Waals surface area contributed by atoms with Crippen molar-refractivity contribution in [3.63, 3.8) is 0 Å². The van der Waals surface area contributed by atoms with Crippen molar-refractivity contribution in [2.24, 2.45) is 0 Å². The first-order valence-electron chi connectivity index (χ1n) is 8.81. The summed E-state index contributed by atoms with van der Waals surface area (Å²) < 4.78 is 18.2. The minimum Gasteiger partial charge on any atom is -0.495 e. The first-order chi connectivity index (χ1) is 13.5. The highest BCUT2D eigenvalue weighted by Gasteiger charge is 2.20. The minimum absolute atomic E-state index is 0.121. The summed E-state index contributed by atoms with van der Waals surface area (Å²) in [6.45, 7) is 2.97. The molecule has 8 nitrogen and oxygen atoms in total. The van der Waals surface area contributed by atoms with Crippen molar-refractivity contribution in [1.82, 2.24) is 4.90 Å². The average Bonchev–Trinajstić information content (AvgIpc) is 2.69. The van der Waals surface area contributed by atoms with Crippen molar-refractivity contribution in [1.29, 1.82) is 0 Å². The molecule has 9 heteroatoms. The number of carbonyl (C=O) groups is 1. The SMILES string of the molecule is COc1ccc([N+](=O)[O-])cc1NC(=O)CN1CCN(c2ccc(F)cc2)CC1. The van der Waals surface area contributed by atoms with Crippen molar-refractivity contribution in [3.05, 3.63) is 58.4 Å². The van der Waals surface area contributed by atoms with E-state index in [1.54, 1.807) is 12.1 Å². The number of nitro groups is 1. The van der Waals surface area contributed by atoms with E-state index in [4.69, 9.17) is 4.74 Å². The van der Waals surface area contributed by atoms with Crippen molar-refractivity contribution < 1.29 is 18.8 Å². The number of non-ortho nitro benzene ring substituents is 1. The smallest absolute Gasteiger partial charge is 0.271 e. The van der Waals surface area contributed by atoms with Gasteiger partial charge in [-0.25, -0.2) is 4.39 Å². The first kappa shape index (κ1) is 19.6. The Morgan fingerprint density at radius 3 is 2.46 bits per heavy atom. The van der Waals surface area contributed by atoms with Gasteiger partial charge < -0.3 is 15.0 Å². The van der Waals surface area contributed by atoms with Crippen molar-refractivity contribution in [2.75, 3.05) is 50.1 Å². The van der Waals surface area contributed by atoms with Crippen molar-refractivity contribution in [3.8, 4) is 5.75 Å². The highest BCUT2D eigenvalue weighted by Crippen LogP contribution is 2.28. The predicted molar refractivity (Wildman–Crippen MR) is 103 cm³/mol. The fraction of sp³-hybridized carbons (Fsp3) is 0.316. The summed E-state index contributed by atoms with van der Waals surface area (Å²) in [5, 5.41) is 13.6. The van der Waals surface area contributed by atoms with Crippen LogP contribution < -0.4 is 15.0 Å². The van der Waals surface area contributed by atoms with Gasteiger partial charge in [0.2, 0.25) is 5.91 Å². The number of piperazine rings is 1. The molecule has 0 unspecified atom stereocenters. The molecule has 1 saturated heterocycles. The highest BCUT2D eigenvalue weighted by atomic mass is 19.1. The van der Waals surface area contributed by atoms with Gasteiger partial charge in [0.15, 0.2) is 0 Å². The van der Waals surface area contributed by atoms with Gasteiger partial charge in [0, 0.05) is 44.0 Å². The van der Waals surface area contributed by atoms with Crippen molar-refractivity contribution >= 4 is 23.0 Å². The molecule has 1 heterocycles. The van der Waals surface area contributed by atoms with Gasteiger partial charge in [-0.3, -0.25) is 19.8 Å². The lowest BCUT2D eigenvalue weighted by atomic mass is 10.2. The van der Waals surface area contributed by atoms with E-state index in [0.717, 1.165) is 18.8 Å². The van der Waals surface area contributed by atoms with E-state index in [1.165, 1.54) is 37.4 Å². The molecular formula is C19H21FN4O4. The summed E-state index contributed by atoms with van der Waals surface area (Å²) in [4.78, 5) is 26.9. The number of nitro benzene ring substituents is 1. The Morgan fingerprint density at radius 1 is 1.18 bits per heavy atom. The zero-order valence-electron chi connectivity index (χ0n) is 15.4. The molecule has 28 heavy (non-hydrogen) atoms. The Balaban J connectivity index is 1.55. The van der Waals surface area contributed by atoms with Crippen LogP contribution in [0.4, 0.5) is 21.5 Å². The summed E-state index contributed by atoms with van der Waals surface area (Å²) in [5.74, 6) is -0.176. The topological polar surface area (TPSA) is 87.9 Å². The van der Waals surface area contributed by atoms with E-state index in [-0.39, 0.29) is 29.6 Å². The number of hydrogen-bond acceptors (Lipinski definition) is 6. The van der Waals surface area contributed by atoms with Crippen LogP contribution in [0.1, 0.15) is 0 Å². The molecule has 0 radical (unpaired) electrons. The molecule has 1 N–H and O–H groups in total. The van der Waals surface area contributed by atoms with E-state index >= 15 is 0 Å². The molecule has 0 saturated carbocycles. The third-order valence-electron chi connectivity index (χ3n) is 4.60. The summed E-state index contributed by atoms with van der Waals surface area (Å²) in [6.07, 6.45) is 0. The summed E-state index contributed by atoms with van der Waals surface area (Å²) in [5.41, 5.74) is 1.10. The van der Waals surface area contributed by atoms with E-state index < -0.39 is 4.92 Å². The number of rotatable bonds is 6. The second-order valence-electron chi connectivity index (χ2n) is 6.43. The van der Waals surface area contributed by atoms with Gasteiger partial charge in [-0.1, -0.05) is 0 Å². The van der Waals surface area contributed by atoms with Crippen LogP contribution in [-0.2, 0) is 4.79 Å². The Hall–Kier alpha value is -3.20. The van der Waals surface area contributed by atoms with Crippen molar-refractivity contribution in [2.45, 2.75) is 0 Å². The molecule has 1 aliphatic rings. The predicted octanol–water partition coefficient (Wildman–Crippen LogP) is 2.50. The van der Waals surface area contributed by atoms with Crippen LogP contribution in [0.3, 0.4) is 0 Å². The molecule has 0 atom stereocenters. The van der Waals surface area contributed by atoms with Crippen LogP contribution in [0.25, 0.3) is 0 Å². The number of halogens is 1. The van der Waals surface area contributed by atoms with Crippen LogP contribution in [0, 0.1) is 15.9 Å². The molecule has 0 spiro atoms. The lowest BCUT2D eigenvalue weighted by molar-refractivity contribution is -0.384. The number of methoxy groups -OCH3 is 1. The minimum atomic E-state index is -0.524. The standard InChI is InChI=1S/C19H21FN4O4/c1-28-18-7-6-16(24(26)27)12-17(18)21-19(25)13-22-8-10-23(11-9-22)15-4-2-14(20)3-5-15/h2-7,12H,8-11,13H2,1H3,(H,21,25). The molecule has 148 valence electrons. The van der Waals surface area contributed by atoms with Crippen LogP contribution in [0.2, 0.25) is 0 Å². The second-order valence-corrected chi connectivity index (χ2v) is 6.43. The molecule has 2 aromatic carbocycles. The normalized spacial score (nSPS) is 14.6. The quantitative estimate of drug-likeness (QED) is 0.604. The number of hydrogen-bond donors (Lipinski definition) is 1. The van der Waals surface area contributed by atoms with Crippen LogP contribution in [0.15, 0.2) is 42.5 Å². The molecule has 2 aromatic rings. The second kappa shape index (κ2) is 8.66. The largest absolute Gasteiger partial charge is 0.495 e. The van der Waals surface area contributed by atoms with E-state index in [1.807, 2.05) is 4.90 Å². The van der Waals surface area contributed by atoms with E-state index in [0.29, 0.717) is 18.8 Å². The maximum atomic E-state index is 13.0. The molecule has 0 aromatic heterocycles. The number of amides is 1. The monoisotopic (exact) mass is 388 g/mol. The molecule has 0 aliphatic carbocycles. The number of nitrogens with zero attached hydrogens (tertiary/aromatic N) is 3. The summed E-state index contributed by atoms with van der Waals surface area (Å²) >= 11 is 0. The van der Waals surface area contributed by atoms with Gasteiger partial charge in [-0.05, 0) is 30.3 Å². The van der Waals surface area contributed by atoms with Gasteiger partial charge in [0.25, 0.3) is 5.69 Å². The summed E-state index contributed by atoms with van der Waals surface area (Å²) in [7, 11) is 1.44. The molecular weight excluding hydrogens is 367 g/mol. The third-order valence-corrected chi connectivity index (χ3v) is 4.60. The fourth-order valence-corrected chi connectivity index (χ4v) is 3.12. The van der Waals surface area contributed by atoms with E-state index in [2.05, 4.69) is 10.2 Å². The molecule has 1 amide bonds. The van der Waals surface area contributed by atoms with Gasteiger partial charge >= 0.3 is 0 Å². The van der Waals surface area contributed by atoms with Crippen LogP contribution >= 0.6 is 0 Å². The summed E-state index contributed by atoms with van der Waals surface area (Å²) in [6, 6.07) is 10.4. The van der Waals surface area contributed by atoms with Gasteiger partial charge in [-0.15, -0.1) is 0 Å². The maximum absolute atomic E-state index is 13.0. The Labute approximate surface area is 161 Å². The number of benzene rings is 2. The molecule has 3 rings (SSSR count). The molecule has 0 bridgehead atoms. The van der Waals surface area contributed by atoms with Crippen LogP contribution in [-0.4, -0.2) is 55.6 Å². The maximum Gasteiger partial charge on any atom is 0.271 e. The zero-order valence-corrected chi connectivity index (χ0v) is 15.4. The van der Waals surface area contributed by atoms with Gasteiger partial charge in [-0.2, -0.15) is 0 Å². The first-order valence-corrected chi connectivity index (χ1v) is 8.81. The van der Waals surface area contributed by atoms with Gasteiger partial charge in [0.1, 0.15) is 11.6 Å². The number of anilines is 2. The Morgan fingerprint density at radius 2 is 1.86 bits per heavy atom. The van der Waals surface area contributed by atoms with Gasteiger partial charge in [0.05, 0.1) is 24.3 Å². The fourth-order valence-electron chi connectivity index (χ4n) is 3.12. The van der Waals surface area contributed by atoms with Crippen LogP contribution in [0.5, 0.6) is 5.75 Å². The Kier molecular flexibility index (Phi) is 6.05. The molecule has 1 aliphatic heterocycles. The average molecular weight is 388 g/mol.